The minimum atomic E-state index is -0.550. The number of benzene rings is 1. The van der Waals surface area contributed by atoms with E-state index in [-0.39, 0.29) is 30.4 Å². The standard InChI is InChI=1S/C19H21F2N3O2S/c1-2-22-26-11-18(25)24-8-6-13(7-9-24)19-23-14(12-27-19)10-15-16(20)4-3-5-17(15)21/h2-5,12-13H,6-11H2,1H3/b22-2+. The largest absolute Gasteiger partial charge is 0.386 e. The van der Waals surface area contributed by atoms with Crippen LogP contribution >= 0.6 is 11.3 Å². The van der Waals surface area contributed by atoms with Gasteiger partial charge in [-0.05, 0) is 31.9 Å². The highest BCUT2D eigenvalue weighted by Gasteiger charge is 2.26. The minimum Gasteiger partial charge on any atom is -0.386 e. The molecule has 2 heterocycles. The number of amides is 1. The summed E-state index contributed by atoms with van der Waals surface area (Å²) in [5, 5.41) is 6.40. The first-order valence-electron chi connectivity index (χ1n) is 8.83. The molecule has 1 aliphatic heterocycles. The number of rotatable bonds is 6. The van der Waals surface area contributed by atoms with Crippen molar-refractivity contribution in [2.45, 2.75) is 32.1 Å². The maximum Gasteiger partial charge on any atom is 0.263 e. The van der Waals surface area contributed by atoms with Gasteiger partial charge >= 0.3 is 0 Å². The Labute approximate surface area is 160 Å². The molecule has 0 atom stereocenters. The average molecular weight is 393 g/mol. The highest BCUT2D eigenvalue weighted by molar-refractivity contribution is 7.09. The maximum absolute atomic E-state index is 13.8. The Kier molecular flexibility index (Phi) is 6.49. The van der Waals surface area contributed by atoms with Gasteiger partial charge in [0.1, 0.15) is 11.6 Å². The molecular weight excluding hydrogens is 372 g/mol. The number of nitrogens with zero attached hydrogens (tertiary/aromatic N) is 3. The van der Waals surface area contributed by atoms with Crippen LogP contribution in [0.3, 0.4) is 0 Å². The fourth-order valence-electron chi connectivity index (χ4n) is 3.11. The Morgan fingerprint density at radius 3 is 2.74 bits per heavy atom. The fourth-order valence-corrected chi connectivity index (χ4v) is 4.10. The highest BCUT2D eigenvalue weighted by Crippen LogP contribution is 2.31. The monoisotopic (exact) mass is 393 g/mol. The van der Waals surface area contributed by atoms with Gasteiger partial charge in [-0.3, -0.25) is 4.79 Å². The number of oxime groups is 1. The van der Waals surface area contributed by atoms with E-state index in [1.54, 1.807) is 11.8 Å². The summed E-state index contributed by atoms with van der Waals surface area (Å²) in [4.78, 5) is 23.3. The number of aromatic nitrogens is 1. The average Bonchev–Trinajstić information content (AvgIpc) is 3.14. The molecule has 0 spiro atoms. The third-order valence-corrected chi connectivity index (χ3v) is 5.61. The Hall–Kier alpha value is -2.35. The Morgan fingerprint density at radius 1 is 1.37 bits per heavy atom. The summed E-state index contributed by atoms with van der Waals surface area (Å²) in [6.45, 7) is 2.95. The summed E-state index contributed by atoms with van der Waals surface area (Å²) in [6.07, 6.45) is 3.25. The Morgan fingerprint density at radius 2 is 2.07 bits per heavy atom. The number of piperidine rings is 1. The van der Waals surface area contributed by atoms with Crippen molar-refractivity contribution < 1.29 is 18.4 Å². The second kappa shape index (κ2) is 9.03. The summed E-state index contributed by atoms with van der Waals surface area (Å²) in [5.41, 5.74) is 0.716. The van der Waals surface area contributed by atoms with Crippen molar-refractivity contribution >= 4 is 23.5 Å². The molecule has 0 radical (unpaired) electrons. The number of likely N-dealkylation sites (tertiary alicyclic amines) is 1. The molecule has 0 bridgehead atoms. The first-order chi connectivity index (χ1) is 13.1. The lowest BCUT2D eigenvalue weighted by Crippen LogP contribution is -2.39. The molecular formula is C19H21F2N3O2S. The highest BCUT2D eigenvalue weighted by atomic mass is 32.1. The number of hydrogen-bond acceptors (Lipinski definition) is 5. The van der Waals surface area contributed by atoms with E-state index in [0.717, 1.165) is 17.8 Å². The van der Waals surface area contributed by atoms with Gasteiger partial charge in [0.25, 0.3) is 5.91 Å². The first kappa shape index (κ1) is 19.4. The number of hydrogen-bond donors (Lipinski definition) is 0. The molecule has 144 valence electrons. The normalized spacial score (nSPS) is 15.4. The van der Waals surface area contributed by atoms with E-state index >= 15 is 0 Å². The molecule has 1 fully saturated rings. The molecule has 8 heteroatoms. The fraction of sp³-hybridized carbons (Fsp3) is 0.421. The minimum absolute atomic E-state index is 0.0458. The van der Waals surface area contributed by atoms with Gasteiger partial charge in [-0.2, -0.15) is 0 Å². The van der Waals surface area contributed by atoms with Crippen LogP contribution in [-0.2, 0) is 16.1 Å². The van der Waals surface area contributed by atoms with Crippen LogP contribution in [0.5, 0.6) is 0 Å². The molecule has 0 saturated carbocycles. The number of thiazole rings is 1. The zero-order chi connectivity index (χ0) is 19.2. The second-order valence-corrected chi connectivity index (χ2v) is 7.24. The van der Waals surface area contributed by atoms with Crippen LogP contribution < -0.4 is 0 Å². The van der Waals surface area contributed by atoms with Crippen molar-refractivity contribution in [1.82, 2.24) is 9.88 Å². The van der Waals surface area contributed by atoms with Crippen LogP contribution in [-0.4, -0.2) is 41.7 Å². The van der Waals surface area contributed by atoms with Crippen LogP contribution in [0, 0.1) is 11.6 Å². The molecule has 1 aliphatic rings. The van der Waals surface area contributed by atoms with Gasteiger partial charge in [0.05, 0.1) is 10.7 Å². The van der Waals surface area contributed by atoms with Crippen LogP contribution in [0.25, 0.3) is 0 Å². The Bertz CT molecular complexity index is 797. The molecule has 3 rings (SSSR count). The van der Waals surface area contributed by atoms with Gasteiger partial charge in [0, 0.05) is 42.6 Å². The van der Waals surface area contributed by atoms with Gasteiger partial charge < -0.3 is 9.74 Å². The summed E-state index contributed by atoms with van der Waals surface area (Å²) in [6, 6.07) is 3.87. The van der Waals surface area contributed by atoms with Crippen LogP contribution in [0.15, 0.2) is 28.7 Å². The van der Waals surface area contributed by atoms with E-state index in [2.05, 4.69) is 10.1 Å². The van der Waals surface area contributed by atoms with Gasteiger partial charge in [0.2, 0.25) is 0 Å². The van der Waals surface area contributed by atoms with Crippen molar-refractivity contribution in [3.05, 3.63) is 51.5 Å². The molecule has 0 aliphatic carbocycles. The molecule has 1 saturated heterocycles. The van der Waals surface area contributed by atoms with Gasteiger partial charge in [-0.25, -0.2) is 13.8 Å². The van der Waals surface area contributed by atoms with Crippen molar-refractivity contribution in [2.75, 3.05) is 19.7 Å². The molecule has 2 aromatic rings. The van der Waals surface area contributed by atoms with E-state index in [1.807, 2.05) is 5.38 Å². The number of carbonyl (C=O) groups excluding carboxylic acids is 1. The molecule has 0 unspecified atom stereocenters. The SMILES string of the molecule is C/C=N/OCC(=O)N1CCC(c2nc(Cc3c(F)cccc3F)cs2)CC1. The van der Waals surface area contributed by atoms with E-state index in [4.69, 9.17) is 4.84 Å². The molecule has 1 aromatic carbocycles. The zero-order valence-corrected chi connectivity index (χ0v) is 15.8. The molecule has 1 aromatic heterocycles. The summed E-state index contributed by atoms with van der Waals surface area (Å²) in [5.74, 6) is -0.918. The Balaban J connectivity index is 1.56. The van der Waals surface area contributed by atoms with Gasteiger partial charge in [-0.1, -0.05) is 11.2 Å². The van der Waals surface area contributed by atoms with Gasteiger partial charge in [-0.15, -0.1) is 11.3 Å². The topological polar surface area (TPSA) is 54.8 Å². The van der Waals surface area contributed by atoms with Crippen LogP contribution in [0.2, 0.25) is 0 Å². The summed E-state index contributed by atoms with van der Waals surface area (Å²) in [7, 11) is 0. The lowest BCUT2D eigenvalue weighted by molar-refractivity contribution is -0.137. The molecule has 0 N–H and O–H groups in total. The third kappa shape index (κ3) is 4.88. The molecule has 1 amide bonds. The van der Waals surface area contributed by atoms with Crippen molar-refractivity contribution in [3.63, 3.8) is 0 Å². The predicted octanol–water partition coefficient (Wildman–Crippen LogP) is 3.74. The molecule has 27 heavy (non-hydrogen) atoms. The third-order valence-electron chi connectivity index (χ3n) is 4.55. The van der Waals surface area contributed by atoms with Crippen molar-refractivity contribution in [2.24, 2.45) is 5.16 Å². The van der Waals surface area contributed by atoms with E-state index < -0.39 is 11.6 Å². The first-order valence-corrected chi connectivity index (χ1v) is 9.71. The molecule has 5 nitrogen and oxygen atoms in total. The van der Waals surface area contributed by atoms with Crippen molar-refractivity contribution in [1.29, 1.82) is 0 Å². The van der Waals surface area contributed by atoms with Crippen LogP contribution in [0.1, 0.15) is 41.9 Å². The maximum atomic E-state index is 13.8. The summed E-state index contributed by atoms with van der Waals surface area (Å²) < 4.78 is 27.6. The zero-order valence-electron chi connectivity index (χ0n) is 15.0. The van der Waals surface area contributed by atoms with Gasteiger partial charge in [0.15, 0.2) is 6.61 Å². The van der Waals surface area contributed by atoms with E-state index in [1.165, 1.54) is 35.8 Å². The van der Waals surface area contributed by atoms with Crippen molar-refractivity contribution in [3.8, 4) is 0 Å². The summed E-state index contributed by atoms with van der Waals surface area (Å²) >= 11 is 1.51. The lowest BCUT2D eigenvalue weighted by atomic mass is 9.97. The second-order valence-electron chi connectivity index (χ2n) is 6.35. The van der Waals surface area contributed by atoms with Crippen LogP contribution in [0.4, 0.5) is 8.78 Å². The van der Waals surface area contributed by atoms with E-state index in [9.17, 15) is 13.6 Å². The van der Waals surface area contributed by atoms with E-state index in [0.29, 0.717) is 18.8 Å². The number of halogens is 2. The number of carbonyl (C=O) groups is 1. The lowest BCUT2D eigenvalue weighted by Gasteiger charge is -2.30. The smallest absolute Gasteiger partial charge is 0.263 e. The quantitative estimate of drug-likeness (QED) is 0.555. The predicted molar refractivity (Wildman–Crippen MR) is 100.0 cm³/mol.